The van der Waals surface area contributed by atoms with Crippen molar-refractivity contribution in [2.45, 2.75) is 45.9 Å². The van der Waals surface area contributed by atoms with Crippen molar-refractivity contribution in [3.05, 3.63) is 54.1 Å². The number of methoxy groups -OCH3 is 1. The van der Waals surface area contributed by atoms with E-state index in [0.29, 0.717) is 13.1 Å². The quantitative estimate of drug-likeness (QED) is 0.325. The van der Waals surface area contributed by atoms with Crippen molar-refractivity contribution >= 4 is 29.9 Å². The molecule has 6 nitrogen and oxygen atoms in total. The van der Waals surface area contributed by atoms with Gasteiger partial charge in [-0.05, 0) is 32.8 Å². The first-order valence-electron chi connectivity index (χ1n) is 9.15. The van der Waals surface area contributed by atoms with E-state index in [4.69, 9.17) is 4.74 Å². The standard InChI is InChI=1S/C20H31N5O.HI/c1-5-21-19(24-16-20(2,3)26-4)23-15-18-22-12-14-25(18)13-11-17-9-7-6-8-10-17;/h6-10,12,14H,5,11,13,15-16H2,1-4H3,(H2,21,23,24);1H. The molecule has 7 heteroatoms. The van der Waals surface area contributed by atoms with Crippen LogP contribution in [0.1, 0.15) is 32.2 Å². The molecular formula is C20H32IN5O. The fraction of sp³-hybridized carbons (Fsp3) is 0.500. The molecule has 1 aromatic carbocycles. The topological polar surface area (TPSA) is 63.5 Å². The Bertz CT molecular complexity index is 685. The van der Waals surface area contributed by atoms with Crippen LogP contribution >= 0.6 is 24.0 Å². The minimum absolute atomic E-state index is 0. The molecule has 0 radical (unpaired) electrons. The fourth-order valence-electron chi connectivity index (χ4n) is 2.45. The monoisotopic (exact) mass is 485 g/mol. The molecule has 0 aliphatic carbocycles. The number of halogens is 1. The third-order valence-electron chi connectivity index (χ3n) is 4.24. The summed E-state index contributed by atoms with van der Waals surface area (Å²) in [6, 6.07) is 10.5. The van der Waals surface area contributed by atoms with Gasteiger partial charge in [-0.25, -0.2) is 9.98 Å². The number of aryl methyl sites for hydroxylation is 2. The van der Waals surface area contributed by atoms with E-state index in [1.54, 1.807) is 7.11 Å². The number of hydrogen-bond donors (Lipinski definition) is 2. The van der Waals surface area contributed by atoms with E-state index in [9.17, 15) is 0 Å². The first kappa shape index (κ1) is 23.4. The number of aromatic nitrogens is 2. The Balaban J connectivity index is 0.00000364. The van der Waals surface area contributed by atoms with Crippen LogP contribution in [0.4, 0.5) is 0 Å². The van der Waals surface area contributed by atoms with E-state index in [-0.39, 0.29) is 29.6 Å². The summed E-state index contributed by atoms with van der Waals surface area (Å²) in [6.45, 7) is 9.05. The van der Waals surface area contributed by atoms with Crippen LogP contribution in [0.25, 0.3) is 0 Å². The third-order valence-corrected chi connectivity index (χ3v) is 4.24. The average Bonchev–Trinajstić information content (AvgIpc) is 3.10. The highest BCUT2D eigenvalue weighted by molar-refractivity contribution is 14.0. The van der Waals surface area contributed by atoms with Gasteiger partial charge in [-0.1, -0.05) is 30.3 Å². The molecule has 0 bridgehead atoms. The van der Waals surface area contributed by atoms with Gasteiger partial charge in [0.1, 0.15) is 12.4 Å². The van der Waals surface area contributed by atoms with Gasteiger partial charge in [0.25, 0.3) is 0 Å². The molecule has 0 saturated carbocycles. The molecule has 0 amide bonds. The van der Waals surface area contributed by atoms with Gasteiger partial charge in [-0.2, -0.15) is 0 Å². The van der Waals surface area contributed by atoms with Crippen molar-refractivity contribution in [3.8, 4) is 0 Å². The number of hydrogen-bond acceptors (Lipinski definition) is 3. The average molecular weight is 485 g/mol. The number of ether oxygens (including phenoxy) is 1. The molecule has 0 aliphatic rings. The van der Waals surface area contributed by atoms with Gasteiger partial charge in [-0.15, -0.1) is 24.0 Å². The molecule has 1 aromatic heterocycles. The maximum Gasteiger partial charge on any atom is 0.191 e. The number of aliphatic imine (C=N–C) groups is 1. The zero-order chi connectivity index (χ0) is 18.8. The van der Waals surface area contributed by atoms with Crippen molar-refractivity contribution in [1.82, 2.24) is 20.2 Å². The van der Waals surface area contributed by atoms with Gasteiger partial charge >= 0.3 is 0 Å². The second-order valence-corrected chi connectivity index (χ2v) is 6.78. The first-order chi connectivity index (χ1) is 12.5. The summed E-state index contributed by atoms with van der Waals surface area (Å²) in [5, 5.41) is 6.59. The third kappa shape index (κ3) is 8.30. The highest BCUT2D eigenvalue weighted by Gasteiger charge is 2.16. The van der Waals surface area contributed by atoms with Gasteiger partial charge < -0.3 is 19.9 Å². The maximum absolute atomic E-state index is 5.45. The predicted octanol–water partition coefficient (Wildman–Crippen LogP) is 3.22. The normalized spacial score (nSPS) is 11.8. The number of nitrogens with zero attached hydrogens (tertiary/aromatic N) is 3. The van der Waals surface area contributed by atoms with Gasteiger partial charge in [-0.3, -0.25) is 0 Å². The molecule has 0 spiro atoms. The Morgan fingerprint density at radius 3 is 2.63 bits per heavy atom. The molecule has 2 N–H and O–H groups in total. The number of nitrogens with one attached hydrogen (secondary N) is 2. The second-order valence-electron chi connectivity index (χ2n) is 6.78. The molecule has 0 unspecified atom stereocenters. The van der Waals surface area contributed by atoms with Crippen LogP contribution in [0.2, 0.25) is 0 Å². The number of rotatable bonds is 9. The van der Waals surface area contributed by atoms with Crippen LogP contribution in [0.5, 0.6) is 0 Å². The summed E-state index contributed by atoms with van der Waals surface area (Å²) in [7, 11) is 1.72. The van der Waals surface area contributed by atoms with Crippen LogP contribution in [0.15, 0.2) is 47.7 Å². The van der Waals surface area contributed by atoms with Crippen LogP contribution in [-0.2, 0) is 24.2 Å². The lowest BCUT2D eigenvalue weighted by atomic mass is 10.1. The Labute approximate surface area is 179 Å². The summed E-state index contributed by atoms with van der Waals surface area (Å²) >= 11 is 0. The minimum atomic E-state index is -0.246. The molecule has 27 heavy (non-hydrogen) atoms. The van der Waals surface area contributed by atoms with Gasteiger partial charge in [0.2, 0.25) is 0 Å². The summed E-state index contributed by atoms with van der Waals surface area (Å²) in [6.07, 6.45) is 4.83. The van der Waals surface area contributed by atoms with Gasteiger partial charge in [0.05, 0.1) is 5.60 Å². The summed E-state index contributed by atoms with van der Waals surface area (Å²) in [4.78, 5) is 9.13. The van der Waals surface area contributed by atoms with Crippen LogP contribution in [0, 0.1) is 0 Å². The smallest absolute Gasteiger partial charge is 0.191 e. The lowest BCUT2D eigenvalue weighted by molar-refractivity contribution is 0.0268. The molecule has 150 valence electrons. The first-order valence-corrected chi connectivity index (χ1v) is 9.15. The molecule has 2 aromatic rings. The Kier molecular flexibility index (Phi) is 10.4. The van der Waals surface area contributed by atoms with E-state index in [1.807, 2.05) is 32.3 Å². The number of benzene rings is 1. The largest absolute Gasteiger partial charge is 0.377 e. The molecule has 0 atom stereocenters. The van der Waals surface area contributed by atoms with E-state index < -0.39 is 0 Å². The van der Waals surface area contributed by atoms with Crippen molar-refractivity contribution in [1.29, 1.82) is 0 Å². The summed E-state index contributed by atoms with van der Waals surface area (Å²) in [5.74, 6) is 1.74. The maximum atomic E-state index is 5.45. The number of guanidine groups is 1. The van der Waals surface area contributed by atoms with Crippen molar-refractivity contribution in [2.24, 2.45) is 4.99 Å². The second kappa shape index (κ2) is 12.0. The lowest BCUT2D eigenvalue weighted by Gasteiger charge is -2.24. The van der Waals surface area contributed by atoms with E-state index in [1.165, 1.54) is 5.56 Å². The highest BCUT2D eigenvalue weighted by atomic mass is 127. The van der Waals surface area contributed by atoms with Gasteiger partial charge in [0.15, 0.2) is 5.96 Å². The van der Waals surface area contributed by atoms with E-state index in [0.717, 1.165) is 31.3 Å². The molecule has 2 rings (SSSR count). The Hall–Kier alpha value is -1.61. The summed E-state index contributed by atoms with van der Waals surface area (Å²) in [5.41, 5.74) is 1.08. The molecule has 0 fully saturated rings. The van der Waals surface area contributed by atoms with Crippen molar-refractivity contribution in [3.63, 3.8) is 0 Å². The van der Waals surface area contributed by atoms with Crippen LogP contribution in [-0.4, -0.2) is 41.3 Å². The van der Waals surface area contributed by atoms with Crippen LogP contribution < -0.4 is 10.6 Å². The summed E-state index contributed by atoms with van der Waals surface area (Å²) < 4.78 is 7.61. The van der Waals surface area contributed by atoms with E-state index >= 15 is 0 Å². The van der Waals surface area contributed by atoms with Crippen molar-refractivity contribution < 1.29 is 4.74 Å². The van der Waals surface area contributed by atoms with Crippen LogP contribution in [0.3, 0.4) is 0 Å². The minimum Gasteiger partial charge on any atom is -0.377 e. The lowest BCUT2D eigenvalue weighted by Crippen LogP contribution is -2.45. The molecule has 0 saturated heterocycles. The highest BCUT2D eigenvalue weighted by Crippen LogP contribution is 2.06. The SMILES string of the molecule is CCNC(=NCc1nccn1CCc1ccccc1)NCC(C)(C)OC.I. The van der Waals surface area contributed by atoms with Crippen molar-refractivity contribution in [2.75, 3.05) is 20.2 Å². The zero-order valence-corrected chi connectivity index (χ0v) is 19.1. The Morgan fingerprint density at radius 1 is 1.22 bits per heavy atom. The fourth-order valence-corrected chi connectivity index (χ4v) is 2.45. The Morgan fingerprint density at radius 2 is 1.96 bits per heavy atom. The molecular weight excluding hydrogens is 453 g/mol. The molecule has 0 aliphatic heterocycles. The predicted molar refractivity (Wildman–Crippen MR) is 122 cm³/mol. The molecule has 1 heterocycles. The van der Waals surface area contributed by atoms with Gasteiger partial charge in [0, 0.05) is 39.1 Å². The zero-order valence-electron chi connectivity index (χ0n) is 16.7. The van der Waals surface area contributed by atoms with E-state index in [2.05, 4.69) is 56.4 Å². The number of imidazole rings is 1.